The van der Waals surface area contributed by atoms with Crippen molar-refractivity contribution >= 4 is 28.6 Å². The normalized spacial score (nSPS) is 10.7. The van der Waals surface area contributed by atoms with Crippen LogP contribution in [-0.2, 0) is 13.1 Å². The molecule has 0 aliphatic rings. The van der Waals surface area contributed by atoms with Crippen LogP contribution in [0.25, 0.3) is 0 Å². The van der Waals surface area contributed by atoms with Crippen LogP contribution < -0.4 is 10.2 Å². The molecule has 0 aliphatic heterocycles. The number of thiophene rings is 1. The van der Waals surface area contributed by atoms with Crippen molar-refractivity contribution in [2.24, 2.45) is 0 Å². The first kappa shape index (κ1) is 14.4. The van der Waals surface area contributed by atoms with Gasteiger partial charge < -0.3 is 10.2 Å². The Morgan fingerprint density at radius 1 is 1.32 bits per heavy atom. The Balaban J connectivity index is 2.20. The van der Waals surface area contributed by atoms with Crippen molar-refractivity contribution in [3.8, 4) is 0 Å². The third-order valence-electron chi connectivity index (χ3n) is 3.06. The van der Waals surface area contributed by atoms with Crippen LogP contribution >= 0.6 is 22.9 Å². The van der Waals surface area contributed by atoms with Crippen LogP contribution in [0.2, 0.25) is 5.02 Å². The molecule has 0 atom stereocenters. The van der Waals surface area contributed by atoms with Crippen LogP contribution in [0.5, 0.6) is 0 Å². The van der Waals surface area contributed by atoms with Gasteiger partial charge in [-0.1, -0.05) is 24.6 Å². The number of nitrogens with zero attached hydrogens (tertiary/aromatic N) is 1. The Kier molecular flexibility index (Phi) is 5.25. The minimum atomic E-state index is 0.805. The van der Waals surface area contributed by atoms with Crippen molar-refractivity contribution < 1.29 is 0 Å². The molecule has 1 N–H and O–H groups in total. The topological polar surface area (TPSA) is 15.3 Å². The molecule has 0 fully saturated rings. The molecule has 4 heteroatoms. The zero-order chi connectivity index (χ0) is 13.7. The smallest absolute Gasteiger partial charge is 0.0471 e. The summed E-state index contributed by atoms with van der Waals surface area (Å²) < 4.78 is 0. The fourth-order valence-corrected chi connectivity index (χ4v) is 2.97. The first-order chi connectivity index (χ1) is 9.22. The van der Waals surface area contributed by atoms with E-state index >= 15 is 0 Å². The first-order valence-corrected chi connectivity index (χ1v) is 7.74. The van der Waals surface area contributed by atoms with Crippen LogP contribution in [0.4, 0.5) is 5.69 Å². The molecule has 0 amide bonds. The van der Waals surface area contributed by atoms with Crippen molar-refractivity contribution in [3.63, 3.8) is 0 Å². The zero-order valence-electron chi connectivity index (χ0n) is 11.3. The molecule has 1 heterocycles. The van der Waals surface area contributed by atoms with E-state index in [-0.39, 0.29) is 0 Å². The molecular formula is C15H19ClN2S. The van der Waals surface area contributed by atoms with E-state index in [1.165, 1.54) is 16.8 Å². The first-order valence-electron chi connectivity index (χ1n) is 6.42. The number of halogens is 1. The fraction of sp³-hybridized carbons (Fsp3) is 0.333. The number of rotatable bonds is 6. The standard InChI is InChI=1S/C15H19ClN2S/c1-3-17-9-13-14(16)5-4-6-15(13)18(2)10-12-7-8-19-11-12/h4-8,11,17H,3,9-10H2,1-2H3. The van der Waals surface area contributed by atoms with Crippen molar-refractivity contribution in [2.75, 3.05) is 18.5 Å². The summed E-state index contributed by atoms with van der Waals surface area (Å²) in [5.41, 5.74) is 3.70. The summed E-state index contributed by atoms with van der Waals surface area (Å²) in [5, 5.41) is 8.48. The Bertz CT molecular complexity index is 511. The van der Waals surface area contributed by atoms with E-state index in [1.54, 1.807) is 11.3 Å². The molecule has 1 aromatic carbocycles. The molecule has 0 bridgehead atoms. The third-order valence-corrected chi connectivity index (χ3v) is 4.14. The van der Waals surface area contributed by atoms with E-state index in [0.29, 0.717) is 0 Å². The molecule has 2 aromatic rings. The summed E-state index contributed by atoms with van der Waals surface area (Å²) in [4.78, 5) is 2.25. The average molecular weight is 295 g/mol. The van der Waals surface area contributed by atoms with Gasteiger partial charge in [-0.05, 0) is 41.1 Å². The van der Waals surface area contributed by atoms with Crippen LogP contribution in [0.3, 0.4) is 0 Å². The summed E-state index contributed by atoms with van der Waals surface area (Å²) in [7, 11) is 2.11. The number of benzene rings is 1. The molecular weight excluding hydrogens is 276 g/mol. The van der Waals surface area contributed by atoms with Gasteiger partial charge in [-0.15, -0.1) is 0 Å². The van der Waals surface area contributed by atoms with Gasteiger partial charge in [-0.3, -0.25) is 0 Å². The van der Waals surface area contributed by atoms with E-state index in [1.807, 2.05) is 12.1 Å². The second-order valence-corrected chi connectivity index (χ2v) is 5.69. The van der Waals surface area contributed by atoms with Crippen LogP contribution in [-0.4, -0.2) is 13.6 Å². The summed E-state index contributed by atoms with van der Waals surface area (Å²) in [5.74, 6) is 0. The van der Waals surface area contributed by atoms with Crippen molar-refractivity contribution in [3.05, 3.63) is 51.2 Å². The molecule has 2 rings (SSSR count). The molecule has 1 aromatic heterocycles. The van der Waals surface area contributed by atoms with E-state index < -0.39 is 0 Å². The van der Waals surface area contributed by atoms with Gasteiger partial charge in [0.25, 0.3) is 0 Å². The SMILES string of the molecule is CCNCc1c(Cl)cccc1N(C)Cc1ccsc1. The predicted octanol–water partition coefficient (Wildman–Crippen LogP) is 4.15. The number of nitrogens with one attached hydrogen (secondary N) is 1. The monoisotopic (exact) mass is 294 g/mol. The fourth-order valence-electron chi connectivity index (χ4n) is 2.07. The molecule has 0 unspecified atom stereocenters. The maximum absolute atomic E-state index is 6.33. The molecule has 2 nitrogen and oxygen atoms in total. The van der Waals surface area contributed by atoms with Gasteiger partial charge in [-0.25, -0.2) is 0 Å². The lowest BCUT2D eigenvalue weighted by Gasteiger charge is -2.23. The highest BCUT2D eigenvalue weighted by atomic mass is 35.5. The van der Waals surface area contributed by atoms with Crippen LogP contribution in [0, 0.1) is 0 Å². The minimum absolute atomic E-state index is 0.805. The zero-order valence-corrected chi connectivity index (χ0v) is 12.9. The predicted molar refractivity (Wildman–Crippen MR) is 85.3 cm³/mol. The van der Waals surface area contributed by atoms with Crippen molar-refractivity contribution in [1.82, 2.24) is 5.32 Å². The van der Waals surface area contributed by atoms with E-state index in [2.05, 4.69) is 47.1 Å². The maximum atomic E-state index is 6.33. The lowest BCUT2D eigenvalue weighted by atomic mass is 10.1. The van der Waals surface area contributed by atoms with Crippen LogP contribution in [0.1, 0.15) is 18.1 Å². The van der Waals surface area contributed by atoms with Gasteiger partial charge in [0.05, 0.1) is 0 Å². The summed E-state index contributed by atoms with van der Waals surface area (Å²) in [6, 6.07) is 8.26. The Morgan fingerprint density at radius 3 is 2.84 bits per heavy atom. The van der Waals surface area contributed by atoms with Gasteiger partial charge in [0.15, 0.2) is 0 Å². The molecule has 0 saturated carbocycles. The Morgan fingerprint density at radius 2 is 2.16 bits per heavy atom. The summed E-state index contributed by atoms with van der Waals surface area (Å²) >= 11 is 8.06. The number of anilines is 1. The highest BCUT2D eigenvalue weighted by molar-refractivity contribution is 7.07. The van der Waals surface area contributed by atoms with Gasteiger partial charge >= 0.3 is 0 Å². The third kappa shape index (κ3) is 3.72. The molecule has 102 valence electrons. The van der Waals surface area contributed by atoms with Gasteiger partial charge in [0, 0.05) is 36.4 Å². The summed E-state index contributed by atoms with van der Waals surface area (Å²) in [6.45, 7) is 4.76. The molecule has 0 saturated heterocycles. The average Bonchev–Trinajstić information content (AvgIpc) is 2.90. The highest BCUT2D eigenvalue weighted by Gasteiger charge is 2.11. The number of hydrogen-bond donors (Lipinski definition) is 1. The van der Waals surface area contributed by atoms with Gasteiger partial charge in [0.2, 0.25) is 0 Å². The molecule has 19 heavy (non-hydrogen) atoms. The second-order valence-electron chi connectivity index (χ2n) is 4.51. The quantitative estimate of drug-likeness (QED) is 0.861. The number of hydrogen-bond acceptors (Lipinski definition) is 3. The lowest BCUT2D eigenvalue weighted by molar-refractivity contribution is 0.723. The molecule has 0 aliphatic carbocycles. The Labute approximate surface area is 124 Å². The minimum Gasteiger partial charge on any atom is -0.370 e. The Hall–Kier alpha value is -1.03. The lowest BCUT2D eigenvalue weighted by Crippen LogP contribution is -2.20. The maximum Gasteiger partial charge on any atom is 0.0471 e. The van der Waals surface area contributed by atoms with E-state index in [9.17, 15) is 0 Å². The van der Waals surface area contributed by atoms with Gasteiger partial charge in [-0.2, -0.15) is 11.3 Å². The highest BCUT2D eigenvalue weighted by Crippen LogP contribution is 2.28. The van der Waals surface area contributed by atoms with Gasteiger partial charge in [0.1, 0.15) is 0 Å². The van der Waals surface area contributed by atoms with Crippen LogP contribution in [0.15, 0.2) is 35.0 Å². The molecule has 0 radical (unpaired) electrons. The second kappa shape index (κ2) is 6.94. The largest absolute Gasteiger partial charge is 0.370 e. The van der Waals surface area contributed by atoms with E-state index in [4.69, 9.17) is 11.6 Å². The van der Waals surface area contributed by atoms with Crippen molar-refractivity contribution in [1.29, 1.82) is 0 Å². The van der Waals surface area contributed by atoms with E-state index in [0.717, 1.165) is 24.7 Å². The van der Waals surface area contributed by atoms with Crippen molar-refractivity contribution in [2.45, 2.75) is 20.0 Å². The molecule has 0 spiro atoms. The summed E-state index contributed by atoms with van der Waals surface area (Å²) in [6.07, 6.45) is 0.